The number of nitrogens with zero attached hydrogens (tertiary/aromatic N) is 1. The van der Waals surface area contributed by atoms with E-state index in [0.29, 0.717) is 18.2 Å². The summed E-state index contributed by atoms with van der Waals surface area (Å²) in [7, 11) is -9.06. The summed E-state index contributed by atoms with van der Waals surface area (Å²) in [6, 6.07) is 8.15. The van der Waals surface area contributed by atoms with Crippen LogP contribution < -0.4 is 4.72 Å². The predicted octanol–water partition coefficient (Wildman–Crippen LogP) is 3.38. The largest absolute Gasteiger partial charge is 0.417 e. The number of rotatable bonds is 6. The van der Waals surface area contributed by atoms with Crippen LogP contribution in [0.1, 0.15) is 12.0 Å². The molecule has 0 saturated heterocycles. The first kappa shape index (κ1) is 22.2. The van der Waals surface area contributed by atoms with Crippen LogP contribution in [0.4, 0.5) is 13.2 Å². The second-order valence-corrected chi connectivity index (χ2v) is 9.54. The van der Waals surface area contributed by atoms with E-state index in [1.807, 2.05) is 4.72 Å². The van der Waals surface area contributed by atoms with Gasteiger partial charge in [0.2, 0.25) is 19.9 Å². The smallest absolute Gasteiger partial charge is 0.219 e. The van der Waals surface area contributed by atoms with E-state index in [9.17, 15) is 30.0 Å². The third-order valence-electron chi connectivity index (χ3n) is 3.49. The van der Waals surface area contributed by atoms with Crippen LogP contribution in [0.3, 0.4) is 0 Å². The van der Waals surface area contributed by atoms with E-state index in [2.05, 4.69) is 0 Å². The molecule has 150 valence electrons. The monoisotopic (exact) mass is 452 g/mol. The summed E-state index contributed by atoms with van der Waals surface area (Å²) in [4.78, 5) is -2.20. The lowest BCUT2D eigenvalue weighted by Crippen LogP contribution is -2.27. The van der Waals surface area contributed by atoms with Gasteiger partial charge in [0, 0.05) is 18.0 Å². The first-order valence-corrected chi connectivity index (χ1v) is 10.8. The molecular weight excluding hydrogens is 441 g/mol. The van der Waals surface area contributed by atoms with E-state index >= 15 is 0 Å². The topological polar surface area (TPSA) is 104 Å². The molecule has 0 amide bonds. The third kappa shape index (κ3) is 4.82. The summed E-state index contributed by atoms with van der Waals surface area (Å²) in [6.07, 6.45) is -5.32. The summed E-state index contributed by atoms with van der Waals surface area (Å²) in [6.45, 7) is -0.429. The molecule has 0 bridgehead atoms. The van der Waals surface area contributed by atoms with Crippen LogP contribution in [0.2, 0.25) is 5.02 Å². The number of sulfone groups is 1. The molecule has 0 aromatic heterocycles. The Kier molecular flexibility index (Phi) is 6.40. The maximum atomic E-state index is 13.3. The van der Waals surface area contributed by atoms with Crippen molar-refractivity contribution in [3.05, 3.63) is 53.1 Å². The maximum absolute atomic E-state index is 13.3. The lowest BCUT2D eigenvalue weighted by molar-refractivity contribution is -0.139. The van der Waals surface area contributed by atoms with Gasteiger partial charge in [-0.3, -0.25) is 0 Å². The second kappa shape index (κ2) is 8.08. The van der Waals surface area contributed by atoms with Crippen LogP contribution in [-0.2, 0) is 26.0 Å². The second-order valence-electron chi connectivity index (χ2n) is 5.42. The van der Waals surface area contributed by atoms with Crippen LogP contribution in [0, 0.1) is 11.3 Å². The highest BCUT2D eigenvalue weighted by molar-refractivity contribution is 7.91. The summed E-state index contributed by atoms with van der Waals surface area (Å²) < 4.78 is 91.6. The lowest BCUT2D eigenvalue weighted by Gasteiger charge is -2.15. The minimum Gasteiger partial charge on any atom is -0.219 e. The molecule has 0 heterocycles. The summed E-state index contributed by atoms with van der Waals surface area (Å²) >= 11 is 5.75. The van der Waals surface area contributed by atoms with Crippen molar-refractivity contribution in [3.8, 4) is 6.07 Å². The van der Waals surface area contributed by atoms with E-state index in [4.69, 9.17) is 16.9 Å². The summed E-state index contributed by atoms with van der Waals surface area (Å²) in [5.41, 5.74) is -1.53. The molecule has 0 unspecified atom stereocenters. The standard InChI is InChI=1S/C16H12ClF3N2O4S2/c17-11-3-1-4-12(9-11)27(23,24)13-5-6-14(16(18,19)20)15(10-13)28(25,26)22-8-2-7-21/h1,3-6,9-10,22H,2,8H2. The van der Waals surface area contributed by atoms with Gasteiger partial charge in [-0.2, -0.15) is 18.4 Å². The van der Waals surface area contributed by atoms with Crippen LogP contribution >= 0.6 is 11.6 Å². The van der Waals surface area contributed by atoms with Gasteiger partial charge < -0.3 is 0 Å². The Morgan fingerprint density at radius 1 is 1.04 bits per heavy atom. The number of alkyl halides is 3. The van der Waals surface area contributed by atoms with Crippen molar-refractivity contribution in [1.82, 2.24) is 4.72 Å². The molecule has 0 atom stereocenters. The Balaban J connectivity index is 2.66. The van der Waals surface area contributed by atoms with E-state index < -0.39 is 47.9 Å². The fourth-order valence-corrected chi connectivity index (χ4v) is 5.16. The normalized spacial score (nSPS) is 12.5. The number of nitriles is 1. The van der Waals surface area contributed by atoms with Crippen molar-refractivity contribution in [2.24, 2.45) is 0 Å². The Morgan fingerprint density at radius 2 is 1.68 bits per heavy atom. The molecule has 0 fully saturated rings. The molecule has 2 rings (SSSR count). The Bertz CT molecular complexity index is 1140. The van der Waals surface area contributed by atoms with Gasteiger partial charge in [-0.25, -0.2) is 21.6 Å². The average Bonchev–Trinajstić information content (AvgIpc) is 2.60. The molecule has 0 saturated carbocycles. The van der Waals surface area contributed by atoms with E-state index in [-0.39, 0.29) is 16.3 Å². The lowest BCUT2D eigenvalue weighted by atomic mass is 10.2. The van der Waals surface area contributed by atoms with Crippen LogP contribution in [0.5, 0.6) is 0 Å². The van der Waals surface area contributed by atoms with E-state index in [0.717, 1.165) is 6.07 Å². The number of nitrogens with one attached hydrogen (secondary N) is 1. The SMILES string of the molecule is N#CCCNS(=O)(=O)c1cc(S(=O)(=O)c2cccc(Cl)c2)ccc1C(F)(F)F. The molecule has 28 heavy (non-hydrogen) atoms. The quantitative estimate of drug-likeness (QED) is 0.676. The number of halogens is 4. The van der Waals surface area contributed by atoms with Gasteiger partial charge in [0.15, 0.2) is 0 Å². The fraction of sp³-hybridized carbons (Fsp3) is 0.188. The van der Waals surface area contributed by atoms with Crippen molar-refractivity contribution in [2.75, 3.05) is 6.54 Å². The molecule has 0 radical (unpaired) electrons. The van der Waals surface area contributed by atoms with Crippen molar-refractivity contribution >= 4 is 31.5 Å². The van der Waals surface area contributed by atoms with Crippen LogP contribution in [-0.4, -0.2) is 23.4 Å². The van der Waals surface area contributed by atoms with Gasteiger partial charge in [-0.15, -0.1) is 0 Å². The van der Waals surface area contributed by atoms with Crippen molar-refractivity contribution < 1.29 is 30.0 Å². The highest BCUT2D eigenvalue weighted by Gasteiger charge is 2.38. The number of sulfonamides is 1. The summed E-state index contributed by atoms with van der Waals surface area (Å²) in [5, 5.41) is 8.54. The third-order valence-corrected chi connectivity index (χ3v) is 6.98. The first-order valence-electron chi connectivity index (χ1n) is 7.48. The Hall–Kier alpha value is -2.13. The zero-order chi connectivity index (χ0) is 21.2. The molecule has 0 aliphatic rings. The molecule has 6 nitrogen and oxygen atoms in total. The van der Waals surface area contributed by atoms with Gasteiger partial charge in [-0.05, 0) is 36.4 Å². The van der Waals surface area contributed by atoms with E-state index in [1.165, 1.54) is 18.2 Å². The Labute approximate surface area is 164 Å². The van der Waals surface area contributed by atoms with Gasteiger partial charge in [-0.1, -0.05) is 17.7 Å². The molecule has 0 aliphatic carbocycles. The van der Waals surface area contributed by atoms with E-state index in [1.54, 1.807) is 6.07 Å². The molecule has 2 aromatic rings. The average molecular weight is 453 g/mol. The van der Waals surface area contributed by atoms with Crippen LogP contribution in [0.15, 0.2) is 57.2 Å². The molecule has 0 aliphatic heterocycles. The fourth-order valence-electron chi connectivity index (χ4n) is 2.22. The van der Waals surface area contributed by atoms with Crippen molar-refractivity contribution in [3.63, 3.8) is 0 Å². The predicted molar refractivity (Wildman–Crippen MR) is 93.8 cm³/mol. The first-order chi connectivity index (χ1) is 12.9. The molecule has 12 heteroatoms. The maximum Gasteiger partial charge on any atom is 0.417 e. The molecule has 1 N–H and O–H groups in total. The van der Waals surface area contributed by atoms with Gasteiger partial charge >= 0.3 is 6.18 Å². The van der Waals surface area contributed by atoms with Gasteiger partial charge in [0.05, 0.1) is 26.3 Å². The zero-order valence-corrected chi connectivity index (χ0v) is 16.3. The highest BCUT2D eigenvalue weighted by Crippen LogP contribution is 2.36. The number of benzene rings is 2. The zero-order valence-electron chi connectivity index (χ0n) is 13.9. The minimum absolute atomic E-state index is 0.0824. The number of hydrogen-bond donors (Lipinski definition) is 1. The minimum atomic E-state index is -5.04. The Morgan fingerprint density at radius 3 is 2.25 bits per heavy atom. The highest BCUT2D eigenvalue weighted by atomic mass is 35.5. The van der Waals surface area contributed by atoms with Gasteiger partial charge in [0.25, 0.3) is 0 Å². The van der Waals surface area contributed by atoms with Gasteiger partial charge in [0.1, 0.15) is 0 Å². The summed E-state index contributed by atoms with van der Waals surface area (Å²) in [5.74, 6) is 0. The van der Waals surface area contributed by atoms with Crippen molar-refractivity contribution in [1.29, 1.82) is 5.26 Å². The van der Waals surface area contributed by atoms with Crippen LogP contribution in [0.25, 0.3) is 0 Å². The molecular formula is C16H12ClF3N2O4S2. The number of hydrogen-bond acceptors (Lipinski definition) is 5. The molecule has 2 aromatic carbocycles. The van der Waals surface area contributed by atoms with Crippen molar-refractivity contribution in [2.45, 2.75) is 27.3 Å². The molecule has 0 spiro atoms.